The van der Waals surface area contributed by atoms with Crippen molar-refractivity contribution in [1.82, 2.24) is 4.57 Å². The quantitative estimate of drug-likeness (QED) is 0.914. The van der Waals surface area contributed by atoms with E-state index in [1.54, 1.807) is 0 Å². The molecule has 92 valence electrons. The first-order valence-electron chi connectivity index (χ1n) is 5.97. The number of nitrogens with zero attached hydrogens (tertiary/aromatic N) is 1. The van der Waals surface area contributed by atoms with Crippen LogP contribution >= 0.6 is 15.9 Å². The Kier molecular flexibility index (Phi) is 3.59. The summed E-state index contributed by atoms with van der Waals surface area (Å²) in [5, 5.41) is 1.28. The van der Waals surface area contributed by atoms with Gasteiger partial charge in [-0.3, -0.25) is 0 Å². The van der Waals surface area contributed by atoms with Crippen molar-refractivity contribution in [2.24, 2.45) is 11.1 Å². The monoisotopic (exact) mass is 294 g/mol. The lowest BCUT2D eigenvalue weighted by Crippen LogP contribution is -2.24. The third-order valence-electron chi connectivity index (χ3n) is 3.32. The molecule has 0 radical (unpaired) electrons. The van der Waals surface area contributed by atoms with Gasteiger partial charge in [-0.2, -0.15) is 0 Å². The molecule has 2 nitrogen and oxygen atoms in total. The molecule has 0 amide bonds. The number of rotatable bonds is 4. The predicted molar refractivity (Wildman–Crippen MR) is 77.1 cm³/mol. The molecule has 1 aromatic carbocycles. The third kappa shape index (κ3) is 2.72. The van der Waals surface area contributed by atoms with Crippen LogP contribution in [0.1, 0.15) is 20.3 Å². The van der Waals surface area contributed by atoms with E-state index in [9.17, 15) is 0 Å². The largest absolute Gasteiger partial charge is 0.346 e. The van der Waals surface area contributed by atoms with Crippen molar-refractivity contribution in [3.05, 3.63) is 34.9 Å². The van der Waals surface area contributed by atoms with E-state index in [1.807, 2.05) is 0 Å². The van der Waals surface area contributed by atoms with Gasteiger partial charge >= 0.3 is 0 Å². The van der Waals surface area contributed by atoms with Crippen LogP contribution in [0.5, 0.6) is 0 Å². The van der Waals surface area contributed by atoms with Crippen molar-refractivity contribution in [2.75, 3.05) is 6.54 Å². The zero-order valence-electron chi connectivity index (χ0n) is 10.4. The number of para-hydroxylation sites is 1. The van der Waals surface area contributed by atoms with Crippen molar-refractivity contribution in [3.63, 3.8) is 0 Å². The topological polar surface area (TPSA) is 30.9 Å². The Bertz CT molecular complexity index is 514. The molecule has 0 spiro atoms. The maximum absolute atomic E-state index is 5.77. The van der Waals surface area contributed by atoms with Crippen LogP contribution in [0.2, 0.25) is 0 Å². The van der Waals surface area contributed by atoms with Gasteiger partial charge in [-0.1, -0.05) is 32.0 Å². The van der Waals surface area contributed by atoms with Gasteiger partial charge in [0.1, 0.15) is 0 Å². The highest BCUT2D eigenvalue weighted by molar-refractivity contribution is 9.10. The fourth-order valence-electron chi connectivity index (χ4n) is 1.91. The summed E-state index contributed by atoms with van der Waals surface area (Å²) >= 11 is 3.61. The van der Waals surface area contributed by atoms with Gasteiger partial charge in [-0.15, -0.1) is 0 Å². The molecule has 0 saturated heterocycles. The normalized spacial score (nSPS) is 12.2. The lowest BCUT2D eigenvalue weighted by atomic mass is 9.90. The standard InChI is InChI=1S/C14H19BrN2/c1-14(2,10-16)7-8-17-9-12(15)11-5-3-4-6-13(11)17/h3-6,9H,7-8,10,16H2,1-2H3. The van der Waals surface area contributed by atoms with Gasteiger partial charge in [0, 0.05) is 28.1 Å². The Hall–Kier alpha value is -0.800. The van der Waals surface area contributed by atoms with E-state index in [4.69, 9.17) is 5.73 Å². The third-order valence-corrected chi connectivity index (χ3v) is 3.95. The number of aryl methyl sites for hydroxylation is 1. The van der Waals surface area contributed by atoms with Crippen LogP contribution in [0, 0.1) is 5.41 Å². The van der Waals surface area contributed by atoms with E-state index < -0.39 is 0 Å². The van der Waals surface area contributed by atoms with Crippen LogP contribution in [0.4, 0.5) is 0 Å². The molecule has 0 aliphatic heterocycles. The second-order valence-corrected chi connectivity index (χ2v) is 6.16. The first-order chi connectivity index (χ1) is 8.03. The van der Waals surface area contributed by atoms with Gasteiger partial charge < -0.3 is 10.3 Å². The molecule has 2 N–H and O–H groups in total. The van der Waals surface area contributed by atoms with Crippen LogP contribution in [0.25, 0.3) is 10.9 Å². The van der Waals surface area contributed by atoms with Crippen molar-refractivity contribution in [2.45, 2.75) is 26.8 Å². The fourth-order valence-corrected chi connectivity index (χ4v) is 2.49. The molecule has 0 atom stereocenters. The number of nitrogens with two attached hydrogens (primary N) is 1. The summed E-state index contributed by atoms with van der Waals surface area (Å²) < 4.78 is 3.47. The zero-order valence-corrected chi connectivity index (χ0v) is 12.0. The molecule has 2 aromatic rings. The number of hydrogen-bond donors (Lipinski definition) is 1. The number of fused-ring (bicyclic) bond motifs is 1. The maximum atomic E-state index is 5.77. The smallest absolute Gasteiger partial charge is 0.0492 e. The van der Waals surface area contributed by atoms with E-state index >= 15 is 0 Å². The minimum atomic E-state index is 0.206. The average Bonchev–Trinajstić information content (AvgIpc) is 2.65. The first kappa shape index (κ1) is 12.7. The minimum absolute atomic E-state index is 0.206. The second-order valence-electron chi connectivity index (χ2n) is 5.31. The van der Waals surface area contributed by atoms with Gasteiger partial charge in [0.15, 0.2) is 0 Å². The van der Waals surface area contributed by atoms with E-state index in [-0.39, 0.29) is 5.41 Å². The summed E-state index contributed by atoms with van der Waals surface area (Å²) in [6.07, 6.45) is 3.26. The summed E-state index contributed by atoms with van der Waals surface area (Å²) in [7, 11) is 0. The van der Waals surface area contributed by atoms with Gasteiger partial charge in [0.2, 0.25) is 0 Å². The van der Waals surface area contributed by atoms with E-state index in [1.165, 1.54) is 15.4 Å². The Morgan fingerprint density at radius 3 is 2.71 bits per heavy atom. The Morgan fingerprint density at radius 1 is 1.29 bits per heavy atom. The molecule has 0 saturated carbocycles. The highest BCUT2D eigenvalue weighted by atomic mass is 79.9. The lowest BCUT2D eigenvalue weighted by Gasteiger charge is -2.22. The Balaban J connectivity index is 2.25. The molecule has 0 unspecified atom stereocenters. The van der Waals surface area contributed by atoms with Crippen molar-refractivity contribution in [3.8, 4) is 0 Å². The summed E-state index contributed by atoms with van der Waals surface area (Å²) in [5.41, 5.74) is 7.26. The van der Waals surface area contributed by atoms with E-state index in [0.717, 1.165) is 19.5 Å². The van der Waals surface area contributed by atoms with Crippen LogP contribution in [-0.4, -0.2) is 11.1 Å². The second kappa shape index (κ2) is 4.83. The molecule has 2 rings (SSSR count). The van der Waals surface area contributed by atoms with Crippen molar-refractivity contribution < 1.29 is 0 Å². The van der Waals surface area contributed by atoms with E-state index in [2.05, 4.69) is 64.8 Å². The molecule has 0 fully saturated rings. The summed E-state index contributed by atoms with van der Waals surface area (Å²) in [5.74, 6) is 0. The lowest BCUT2D eigenvalue weighted by molar-refractivity contribution is 0.326. The minimum Gasteiger partial charge on any atom is -0.346 e. The average molecular weight is 295 g/mol. The molecule has 3 heteroatoms. The Morgan fingerprint density at radius 2 is 2.00 bits per heavy atom. The van der Waals surface area contributed by atoms with Gasteiger partial charge in [0.25, 0.3) is 0 Å². The van der Waals surface area contributed by atoms with Crippen LogP contribution in [0.15, 0.2) is 34.9 Å². The predicted octanol–water partition coefficient (Wildman–Crippen LogP) is 3.78. The zero-order chi connectivity index (χ0) is 12.5. The van der Waals surface area contributed by atoms with E-state index in [0.29, 0.717) is 0 Å². The summed E-state index contributed by atoms with van der Waals surface area (Å²) in [4.78, 5) is 0. The van der Waals surface area contributed by atoms with Gasteiger partial charge in [-0.25, -0.2) is 0 Å². The number of benzene rings is 1. The van der Waals surface area contributed by atoms with Crippen LogP contribution < -0.4 is 5.73 Å². The maximum Gasteiger partial charge on any atom is 0.0492 e. The molecular weight excluding hydrogens is 276 g/mol. The number of hydrogen-bond acceptors (Lipinski definition) is 1. The molecule has 0 bridgehead atoms. The van der Waals surface area contributed by atoms with Crippen molar-refractivity contribution >= 4 is 26.8 Å². The summed E-state index contributed by atoms with van der Waals surface area (Å²) in [6, 6.07) is 8.46. The molecular formula is C14H19BrN2. The van der Waals surface area contributed by atoms with Gasteiger partial charge in [-0.05, 0) is 40.4 Å². The first-order valence-corrected chi connectivity index (χ1v) is 6.76. The Labute approximate surface area is 111 Å². The highest BCUT2D eigenvalue weighted by Crippen LogP contribution is 2.27. The SMILES string of the molecule is CC(C)(CN)CCn1cc(Br)c2ccccc21. The highest BCUT2D eigenvalue weighted by Gasteiger charge is 2.16. The molecule has 17 heavy (non-hydrogen) atoms. The summed E-state index contributed by atoms with van der Waals surface area (Å²) in [6.45, 7) is 6.17. The number of halogens is 1. The van der Waals surface area contributed by atoms with Gasteiger partial charge in [0.05, 0.1) is 0 Å². The van der Waals surface area contributed by atoms with Crippen LogP contribution in [0.3, 0.4) is 0 Å². The molecule has 1 aromatic heterocycles. The molecule has 0 aliphatic carbocycles. The van der Waals surface area contributed by atoms with Crippen LogP contribution in [-0.2, 0) is 6.54 Å². The fraction of sp³-hybridized carbons (Fsp3) is 0.429. The molecule has 0 aliphatic rings. The van der Waals surface area contributed by atoms with Crippen molar-refractivity contribution in [1.29, 1.82) is 0 Å². The molecule has 1 heterocycles. The number of aromatic nitrogens is 1.